The van der Waals surface area contributed by atoms with Crippen LogP contribution in [0.15, 0.2) is 16.3 Å². The van der Waals surface area contributed by atoms with Gasteiger partial charge in [-0.1, -0.05) is 11.6 Å². The molecule has 1 amide bonds. The molecule has 0 saturated heterocycles. The molecule has 23 heavy (non-hydrogen) atoms. The van der Waals surface area contributed by atoms with Gasteiger partial charge in [-0.15, -0.1) is 11.3 Å². The summed E-state index contributed by atoms with van der Waals surface area (Å²) in [5.74, 6) is -1.17. The molecule has 7 nitrogen and oxygen atoms in total. The van der Waals surface area contributed by atoms with Crippen LogP contribution in [0.3, 0.4) is 0 Å². The van der Waals surface area contributed by atoms with Crippen LogP contribution in [0.25, 0.3) is 0 Å². The Balaban J connectivity index is 1.89. The van der Waals surface area contributed by atoms with E-state index in [1.165, 1.54) is 26.1 Å². The number of hydrogen-bond donors (Lipinski definition) is 1. The first-order valence-corrected chi connectivity index (χ1v) is 9.55. The fourth-order valence-corrected chi connectivity index (χ4v) is 4.50. The molecule has 0 radical (unpaired) electrons. The number of carbonyl (C=O) groups excluding carboxylic acids is 2. The summed E-state index contributed by atoms with van der Waals surface area (Å²) in [4.78, 5) is 23.5. The highest BCUT2D eigenvalue weighted by molar-refractivity contribution is 7.91. The molecule has 1 aromatic rings. The van der Waals surface area contributed by atoms with E-state index in [1.807, 2.05) is 0 Å². The zero-order valence-corrected chi connectivity index (χ0v) is 15.0. The largest absolute Gasteiger partial charge is 0.452 e. The van der Waals surface area contributed by atoms with E-state index in [-0.39, 0.29) is 16.2 Å². The first kappa shape index (κ1) is 18.2. The molecular formula is C13H17ClN2O5S2. The Bertz CT molecular complexity index is 699. The summed E-state index contributed by atoms with van der Waals surface area (Å²) >= 11 is 6.63. The molecule has 0 spiro atoms. The second-order valence-corrected chi connectivity index (χ2v) is 9.22. The van der Waals surface area contributed by atoms with Crippen molar-refractivity contribution in [1.82, 2.24) is 9.62 Å². The minimum Gasteiger partial charge on any atom is -0.452 e. The number of carbonyl (C=O) groups is 2. The van der Waals surface area contributed by atoms with E-state index in [0.29, 0.717) is 4.34 Å². The van der Waals surface area contributed by atoms with Crippen molar-refractivity contribution in [2.45, 2.75) is 36.1 Å². The van der Waals surface area contributed by atoms with Crippen LogP contribution in [0.2, 0.25) is 4.34 Å². The van der Waals surface area contributed by atoms with Gasteiger partial charge in [-0.25, -0.2) is 8.42 Å². The van der Waals surface area contributed by atoms with Crippen molar-refractivity contribution < 1.29 is 22.7 Å². The van der Waals surface area contributed by atoms with Crippen molar-refractivity contribution in [3.05, 3.63) is 16.5 Å². The predicted molar refractivity (Wildman–Crippen MR) is 85.9 cm³/mol. The molecule has 0 bridgehead atoms. The summed E-state index contributed by atoms with van der Waals surface area (Å²) in [6.07, 6.45) is 0.892. The van der Waals surface area contributed by atoms with Gasteiger partial charge in [-0.2, -0.15) is 4.31 Å². The molecule has 1 heterocycles. The smallest absolute Gasteiger partial charge is 0.322 e. The lowest BCUT2D eigenvalue weighted by molar-refractivity contribution is -0.154. The molecule has 0 unspecified atom stereocenters. The number of esters is 1. The van der Waals surface area contributed by atoms with Gasteiger partial charge in [0.2, 0.25) is 0 Å². The molecule has 1 aromatic heterocycles. The zero-order valence-electron chi connectivity index (χ0n) is 12.6. The summed E-state index contributed by atoms with van der Waals surface area (Å²) in [7, 11) is -2.55. The van der Waals surface area contributed by atoms with Crippen LogP contribution in [0.1, 0.15) is 19.8 Å². The number of thiophene rings is 1. The third-order valence-corrected chi connectivity index (χ3v) is 6.67. The SMILES string of the molecule is C[C@@H](OC(=O)CN(C)S(=O)(=O)c1ccc(Cl)s1)C(=O)NC1CC1. The summed E-state index contributed by atoms with van der Waals surface area (Å²) in [6, 6.07) is 3.00. The first-order chi connectivity index (χ1) is 10.7. The monoisotopic (exact) mass is 380 g/mol. The van der Waals surface area contributed by atoms with Crippen molar-refractivity contribution in [2.24, 2.45) is 0 Å². The van der Waals surface area contributed by atoms with Crippen molar-refractivity contribution in [3.8, 4) is 0 Å². The maximum Gasteiger partial charge on any atom is 0.322 e. The lowest BCUT2D eigenvalue weighted by atomic mass is 10.3. The second-order valence-electron chi connectivity index (χ2n) is 5.23. The number of hydrogen-bond acceptors (Lipinski definition) is 6. The van der Waals surface area contributed by atoms with Crippen LogP contribution in [-0.4, -0.2) is 50.3 Å². The van der Waals surface area contributed by atoms with Crippen molar-refractivity contribution >= 4 is 44.8 Å². The fourth-order valence-electron chi connectivity index (χ4n) is 1.69. The Morgan fingerprint density at radius 2 is 2.13 bits per heavy atom. The molecular weight excluding hydrogens is 364 g/mol. The van der Waals surface area contributed by atoms with Gasteiger partial charge in [0.1, 0.15) is 10.8 Å². The van der Waals surface area contributed by atoms with Crippen LogP contribution >= 0.6 is 22.9 Å². The Hall–Kier alpha value is -1.16. The maximum atomic E-state index is 12.2. The highest BCUT2D eigenvalue weighted by Crippen LogP contribution is 2.27. The van der Waals surface area contributed by atoms with Gasteiger partial charge in [0.25, 0.3) is 15.9 Å². The van der Waals surface area contributed by atoms with E-state index in [0.717, 1.165) is 28.5 Å². The van der Waals surface area contributed by atoms with Gasteiger partial charge in [-0.05, 0) is 31.9 Å². The van der Waals surface area contributed by atoms with Crippen molar-refractivity contribution in [3.63, 3.8) is 0 Å². The van der Waals surface area contributed by atoms with E-state index in [2.05, 4.69) is 5.32 Å². The highest BCUT2D eigenvalue weighted by atomic mass is 35.5. The highest BCUT2D eigenvalue weighted by Gasteiger charge is 2.29. The summed E-state index contributed by atoms with van der Waals surface area (Å²) in [6.45, 7) is 0.960. The number of amides is 1. The fraction of sp³-hybridized carbons (Fsp3) is 0.538. The quantitative estimate of drug-likeness (QED) is 0.718. The average Bonchev–Trinajstić information content (AvgIpc) is 3.16. The Labute approximate surface area is 143 Å². The van der Waals surface area contributed by atoms with E-state index >= 15 is 0 Å². The topological polar surface area (TPSA) is 92.8 Å². The summed E-state index contributed by atoms with van der Waals surface area (Å²) < 4.78 is 30.7. The van der Waals surface area contributed by atoms with Gasteiger partial charge in [-0.3, -0.25) is 9.59 Å². The van der Waals surface area contributed by atoms with E-state index in [1.54, 1.807) is 0 Å². The maximum absolute atomic E-state index is 12.2. The average molecular weight is 381 g/mol. The predicted octanol–water partition coefficient (Wildman–Crippen LogP) is 1.23. The van der Waals surface area contributed by atoms with E-state index in [4.69, 9.17) is 16.3 Å². The standard InChI is InChI=1S/C13H17ClN2O5S2/c1-8(13(18)15-9-3-4-9)21-11(17)7-16(2)23(19,20)12-6-5-10(14)22-12/h5-6,8-9H,3-4,7H2,1-2H3,(H,15,18)/t8-/m1/s1. The van der Waals surface area contributed by atoms with Gasteiger partial charge < -0.3 is 10.1 Å². The van der Waals surface area contributed by atoms with Crippen LogP contribution < -0.4 is 5.32 Å². The molecule has 1 atom stereocenters. The number of likely N-dealkylation sites (N-methyl/N-ethyl adjacent to an activating group) is 1. The van der Waals surface area contributed by atoms with Gasteiger partial charge >= 0.3 is 5.97 Å². The second kappa shape index (κ2) is 7.16. The van der Waals surface area contributed by atoms with Gasteiger partial charge in [0.15, 0.2) is 6.10 Å². The van der Waals surface area contributed by atoms with Gasteiger partial charge in [0.05, 0.1) is 4.34 Å². The molecule has 128 valence electrons. The number of halogens is 1. The molecule has 2 rings (SSSR count). The van der Waals surface area contributed by atoms with E-state index in [9.17, 15) is 18.0 Å². The lowest BCUT2D eigenvalue weighted by Crippen LogP contribution is -2.40. The van der Waals surface area contributed by atoms with E-state index < -0.39 is 28.6 Å². The third kappa shape index (κ3) is 4.90. The molecule has 0 aromatic carbocycles. The number of nitrogens with zero attached hydrogens (tertiary/aromatic N) is 1. The Morgan fingerprint density at radius 1 is 1.48 bits per heavy atom. The zero-order chi connectivity index (χ0) is 17.2. The number of sulfonamides is 1. The Morgan fingerprint density at radius 3 is 2.65 bits per heavy atom. The number of nitrogens with one attached hydrogen (secondary N) is 1. The summed E-state index contributed by atoms with van der Waals surface area (Å²) in [5, 5.41) is 2.71. The van der Waals surface area contributed by atoms with Crippen molar-refractivity contribution in [2.75, 3.05) is 13.6 Å². The molecule has 1 aliphatic carbocycles. The number of rotatable bonds is 7. The van der Waals surface area contributed by atoms with Gasteiger partial charge in [0, 0.05) is 13.1 Å². The minimum atomic E-state index is -3.81. The van der Waals surface area contributed by atoms with Crippen LogP contribution in [0.4, 0.5) is 0 Å². The molecule has 1 saturated carbocycles. The van der Waals surface area contributed by atoms with Crippen LogP contribution in [-0.2, 0) is 24.3 Å². The van der Waals surface area contributed by atoms with Crippen LogP contribution in [0.5, 0.6) is 0 Å². The molecule has 10 heteroatoms. The summed E-state index contributed by atoms with van der Waals surface area (Å²) in [5.41, 5.74) is 0. The normalized spacial score (nSPS) is 16.2. The molecule has 1 fully saturated rings. The minimum absolute atomic E-state index is 0.0392. The molecule has 1 N–H and O–H groups in total. The van der Waals surface area contributed by atoms with Crippen molar-refractivity contribution in [1.29, 1.82) is 0 Å². The Kier molecular flexibility index (Phi) is 5.66. The third-order valence-electron chi connectivity index (χ3n) is 3.17. The molecule has 0 aliphatic heterocycles. The lowest BCUT2D eigenvalue weighted by Gasteiger charge is -2.17. The first-order valence-electron chi connectivity index (χ1n) is 6.91. The number of ether oxygens (including phenoxy) is 1. The van der Waals surface area contributed by atoms with Crippen LogP contribution in [0, 0.1) is 0 Å². The molecule has 1 aliphatic rings.